The van der Waals surface area contributed by atoms with Gasteiger partial charge in [-0.1, -0.05) is 17.7 Å². The molecule has 3 N–H and O–H groups in total. The van der Waals surface area contributed by atoms with Crippen LogP contribution in [0.15, 0.2) is 18.2 Å². The van der Waals surface area contributed by atoms with Gasteiger partial charge in [-0.25, -0.2) is 0 Å². The van der Waals surface area contributed by atoms with Gasteiger partial charge in [0, 0.05) is 12.6 Å². The first-order chi connectivity index (χ1) is 7.83. The highest BCUT2D eigenvalue weighted by Crippen LogP contribution is 2.32. The fraction of sp³-hybridized carbons (Fsp3) is 0.400. The zero-order chi connectivity index (χ0) is 13.1. The number of nitrogens with two attached hydrogens (primary N) is 1. The van der Waals surface area contributed by atoms with Gasteiger partial charge in [-0.05, 0) is 24.1 Å². The summed E-state index contributed by atoms with van der Waals surface area (Å²) in [5.74, 6) is -0.473. The fourth-order valence-electron chi connectivity index (χ4n) is 1.26. The lowest BCUT2D eigenvalue weighted by Crippen LogP contribution is -2.17. The second-order valence-corrected chi connectivity index (χ2v) is 3.76. The van der Waals surface area contributed by atoms with Crippen LogP contribution in [0.25, 0.3) is 0 Å². The van der Waals surface area contributed by atoms with Crippen molar-refractivity contribution in [2.24, 2.45) is 5.73 Å². The molecule has 1 aromatic rings. The van der Waals surface area contributed by atoms with Crippen LogP contribution in [0.1, 0.15) is 18.0 Å². The number of rotatable bonds is 4. The molecule has 104 valence electrons. The summed E-state index contributed by atoms with van der Waals surface area (Å²) in [4.78, 5) is 0. The van der Waals surface area contributed by atoms with Crippen molar-refractivity contribution in [3.8, 4) is 5.75 Å². The molecule has 0 heterocycles. The number of aliphatic hydroxyl groups excluding tert-OH is 1. The van der Waals surface area contributed by atoms with Crippen molar-refractivity contribution in [3.63, 3.8) is 0 Å². The predicted octanol–water partition coefficient (Wildman–Crippen LogP) is 3.04. The summed E-state index contributed by atoms with van der Waals surface area (Å²) in [6.07, 6.45) is -4.48. The lowest BCUT2D eigenvalue weighted by atomic mass is 10.1. The van der Waals surface area contributed by atoms with Gasteiger partial charge in [0.15, 0.2) is 0 Å². The quantitative estimate of drug-likeness (QED) is 0.899. The Kier molecular flexibility index (Phi) is 6.77. The van der Waals surface area contributed by atoms with Gasteiger partial charge >= 0.3 is 6.36 Å². The van der Waals surface area contributed by atoms with Crippen molar-refractivity contribution < 1.29 is 23.0 Å². The predicted molar refractivity (Wildman–Crippen MR) is 64.0 cm³/mol. The minimum absolute atomic E-state index is 0. The third-order valence-electron chi connectivity index (χ3n) is 2.05. The molecule has 18 heavy (non-hydrogen) atoms. The summed E-state index contributed by atoms with van der Waals surface area (Å²) in [5, 5.41) is 8.52. The molecule has 0 saturated heterocycles. The zero-order valence-electron chi connectivity index (χ0n) is 9.08. The van der Waals surface area contributed by atoms with E-state index in [-0.39, 0.29) is 24.0 Å². The first-order valence-corrected chi connectivity index (χ1v) is 5.13. The summed E-state index contributed by atoms with van der Waals surface area (Å²) in [5.41, 5.74) is 6.21. The molecule has 0 saturated carbocycles. The molecule has 1 atom stereocenters. The number of hydrogen-bond acceptors (Lipinski definition) is 3. The Morgan fingerprint density at radius 1 is 1.39 bits per heavy atom. The normalized spacial score (nSPS) is 12.8. The smallest absolute Gasteiger partial charge is 0.404 e. The molecule has 0 aliphatic rings. The summed E-state index contributed by atoms with van der Waals surface area (Å²) >= 11 is 5.64. The highest BCUT2D eigenvalue weighted by atomic mass is 35.5. The number of aliphatic hydroxyl groups is 1. The summed E-state index contributed by atoms with van der Waals surface area (Å²) in [6.45, 7) is -0.112. The van der Waals surface area contributed by atoms with E-state index in [1.165, 1.54) is 12.1 Å². The maximum atomic E-state index is 12.0. The highest BCUT2D eigenvalue weighted by molar-refractivity contribution is 6.32. The Labute approximate surface area is 113 Å². The summed E-state index contributed by atoms with van der Waals surface area (Å²) in [7, 11) is 0. The maximum absolute atomic E-state index is 12.0. The van der Waals surface area contributed by atoms with E-state index in [1.54, 1.807) is 0 Å². The average Bonchev–Trinajstić information content (AvgIpc) is 2.19. The van der Waals surface area contributed by atoms with Crippen LogP contribution in [-0.4, -0.2) is 18.1 Å². The van der Waals surface area contributed by atoms with Crippen LogP contribution in [0.3, 0.4) is 0 Å². The van der Waals surface area contributed by atoms with Gasteiger partial charge in [-0.2, -0.15) is 0 Å². The molecular formula is C10H12Cl2F3NO2. The molecule has 0 aliphatic heterocycles. The van der Waals surface area contributed by atoms with Crippen molar-refractivity contribution in [2.75, 3.05) is 6.61 Å². The van der Waals surface area contributed by atoms with Crippen molar-refractivity contribution in [2.45, 2.75) is 18.8 Å². The number of benzene rings is 1. The van der Waals surface area contributed by atoms with E-state index in [0.29, 0.717) is 12.0 Å². The van der Waals surface area contributed by atoms with Crippen LogP contribution in [0.5, 0.6) is 5.75 Å². The van der Waals surface area contributed by atoms with E-state index >= 15 is 0 Å². The summed E-state index contributed by atoms with van der Waals surface area (Å²) in [6, 6.07) is 3.30. The Morgan fingerprint density at radius 2 is 2.00 bits per heavy atom. The molecule has 8 heteroatoms. The lowest BCUT2D eigenvalue weighted by Gasteiger charge is -2.14. The Hall–Kier alpha value is -0.690. The Morgan fingerprint density at radius 3 is 2.44 bits per heavy atom. The molecule has 1 rings (SSSR count). The molecule has 0 fully saturated rings. The van der Waals surface area contributed by atoms with Gasteiger partial charge in [0.05, 0.1) is 5.02 Å². The zero-order valence-corrected chi connectivity index (χ0v) is 10.6. The molecular weight excluding hydrogens is 294 g/mol. The van der Waals surface area contributed by atoms with Gasteiger partial charge in [0.2, 0.25) is 0 Å². The van der Waals surface area contributed by atoms with Crippen LogP contribution in [0.2, 0.25) is 5.02 Å². The number of alkyl halides is 3. The molecule has 0 amide bonds. The molecule has 0 spiro atoms. The Balaban J connectivity index is 0.00000289. The SMILES string of the molecule is Cl.NC(CCO)c1ccc(OC(F)(F)F)c(Cl)c1. The molecule has 0 aliphatic carbocycles. The van der Waals surface area contributed by atoms with Crippen molar-refractivity contribution in [1.82, 2.24) is 0 Å². The average molecular weight is 306 g/mol. The van der Waals surface area contributed by atoms with E-state index in [1.807, 2.05) is 0 Å². The standard InChI is InChI=1S/C10H11ClF3NO2.ClH/c11-7-5-6(8(15)3-4-16)1-2-9(7)17-10(12,13)14;/h1-2,5,8,16H,3-4,15H2;1H. The van der Waals surface area contributed by atoms with Gasteiger partial charge in [0.25, 0.3) is 0 Å². The van der Waals surface area contributed by atoms with Gasteiger partial charge in [-0.15, -0.1) is 25.6 Å². The maximum Gasteiger partial charge on any atom is 0.573 e. The van der Waals surface area contributed by atoms with Crippen LogP contribution in [0, 0.1) is 0 Å². The number of halogens is 5. The van der Waals surface area contributed by atoms with E-state index in [4.69, 9.17) is 22.4 Å². The minimum Gasteiger partial charge on any atom is -0.404 e. The highest BCUT2D eigenvalue weighted by Gasteiger charge is 2.32. The third kappa shape index (κ3) is 5.30. The van der Waals surface area contributed by atoms with Crippen LogP contribution < -0.4 is 10.5 Å². The molecule has 1 unspecified atom stereocenters. The first kappa shape index (κ1) is 17.3. The third-order valence-corrected chi connectivity index (χ3v) is 2.35. The van der Waals surface area contributed by atoms with Gasteiger partial charge < -0.3 is 15.6 Å². The fourth-order valence-corrected chi connectivity index (χ4v) is 1.49. The monoisotopic (exact) mass is 305 g/mol. The van der Waals surface area contributed by atoms with Crippen molar-refractivity contribution in [3.05, 3.63) is 28.8 Å². The number of ether oxygens (including phenoxy) is 1. The summed E-state index contributed by atoms with van der Waals surface area (Å²) < 4.78 is 39.6. The first-order valence-electron chi connectivity index (χ1n) is 4.75. The van der Waals surface area contributed by atoms with Crippen LogP contribution in [0.4, 0.5) is 13.2 Å². The van der Waals surface area contributed by atoms with E-state index < -0.39 is 18.2 Å². The molecule has 0 aromatic heterocycles. The van der Waals surface area contributed by atoms with Crippen LogP contribution >= 0.6 is 24.0 Å². The second kappa shape index (κ2) is 7.04. The number of hydrogen-bond donors (Lipinski definition) is 2. The minimum atomic E-state index is -4.78. The van der Waals surface area contributed by atoms with E-state index in [2.05, 4.69) is 4.74 Å². The molecule has 3 nitrogen and oxygen atoms in total. The topological polar surface area (TPSA) is 55.5 Å². The second-order valence-electron chi connectivity index (χ2n) is 3.36. The van der Waals surface area contributed by atoms with Crippen molar-refractivity contribution >= 4 is 24.0 Å². The van der Waals surface area contributed by atoms with Crippen molar-refractivity contribution in [1.29, 1.82) is 0 Å². The van der Waals surface area contributed by atoms with E-state index in [0.717, 1.165) is 6.07 Å². The van der Waals surface area contributed by atoms with Crippen LogP contribution in [-0.2, 0) is 0 Å². The lowest BCUT2D eigenvalue weighted by molar-refractivity contribution is -0.274. The Bertz CT molecular complexity index is 388. The largest absolute Gasteiger partial charge is 0.573 e. The van der Waals surface area contributed by atoms with E-state index in [9.17, 15) is 13.2 Å². The molecule has 0 radical (unpaired) electrons. The molecule has 1 aromatic carbocycles. The molecule has 0 bridgehead atoms. The van der Waals surface area contributed by atoms with Gasteiger partial charge in [-0.3, -0.25) is 0 Å². The van der Waals surface area contributed by atoms with Gasteiger partial charge in [0.1, 0.15) is 5.75 Å².